The molecule has 0 fully saturated rings. The zero-order valence-electron chi connectivity index (χ0n) is 18.5. The fraction of sp³-hybridized carbons (Fsp3) is 0.320. The van der Waals surface area contributed by atoms with Crippen LogP contribution in [0, 0.1) is 6.92 Å². The van der Waals surface area contributed by atoms with Crippen LogP contribution in [0.25, 0.3) is 11.0 Å². The first kappa shape index (κ1) is 23.1. The van der Waals surface area contributed by atoms with E-state index in [1.165, 1.54) is 6.07 Å². The molecule has 168 valence electrons. The first-order valence-electron chi connectivity index (χ1n) is 10.7. The van der Waals surface area contributed by atoms with Gasteiger partial charge < -0.3 is 19.2 Å². The summed E-state index contributed by atoms with van der Waals surface area (Å²) in [5.74, 6) is -0.320. The van der Waals surface area contributed by atoms with Gasteiger partial charge in [-0.2, -0.15) is 0 Å². The monoisotopic (exact) mass is 437 g/mol. The summed E-state index contributed by atoms with van der Waals surface area (Å²) in [5, 5.41) is 3.15. The lowest BCUT2D eigenvalue weighted by Gasteiger charge is -2.17. The SMILES string of the molecule is CCCc1cc(=O)oc2cc(C)cc(OC(=O)C(CC)NC(=O)OCc3ccccc3)c12. The molecule has 1 aromatic heterocycles. The molecule has 3 aromatic rings. The van der Waals surface area contributed by atoms with E-state index in [1.807, 2.05) is 44.2 Å². The number of nitrogens with one attached hydrogen (secondary N) is 1. The Morgan fingerprint density at radius 3 is 2.53 bits per heavy atom. The predicted molar refractivity (Wildman–Crippen MR) is 121 cm³/mol. The van der Waals surface area contributed by atoms with E-state index in [9.17, 15) is 14.4 Å². The molecule has 0 radical (unpaired) electrons. The number of carbonyl (C=O) groups excluding carboxylic acids is 2. The number of carbonyl (C=O) groups is 2. The third-order valence-electron chi connectivity index (χ3n) is 4.96. The molecule has 0 aliphatic rings. The van der Waals surface area contributed by atoms with Gasteiger partial charge in [0.2, 0.25) is 0 Å². The molecule has 0 saturated carbocycles. The Hall–Kier alpha value is -3.61. The van der Waals surface area contributed by atoms with Crippen LogP contribution in [0.1, 0.15) is 43.4 Å². The van der Waals surface area contributed by atoms with Gasteiger partial charge in [0.05, 0.1) is 5.39 Å². The van der Waals surface area contributed by atoms with Gasteiger partial charge in [-0.05, 0) is 48.6 Å². The summed E-state index contributed by atoms with van der Waals surface area (Å²) in [7, 11) is 0. The summed E-state index contributed by atoms with van der Waals surface area (Å²) in [6, 6.07) is 13.3. The number of amides is 1. The highest BCUT2D eigenvalue weighted by Crippen LogP contribution is 2.31. The quantitative estimate of drug-likeness (QED) is 0.313. The fourth-order valence-corrected chi connectivity index (χ4v) is 3.43. The standard InChI is InChI=1S/C25H27NO6/c1-4-9-18-14-22(27)31-20-12-16(3)13-21(23(18)20)32-24(28)19(5-2)26-25(29)30-15-17-10-7-6-8-11-17/h6-8,10-14,19H,4-5,9,15H2,1-3H3,(H,26,29). The Morgan fingerprint density at radius 1 is 1.09 bits per heavy atom. The van der Waals surface area contributed by atoms with Crippen LogP contribution in [-0.2, 0) is 22.6 Å². The van der Waals surface area contributed by atoms with Crippen molar-refractivity contribution in [3.63, 3.8) is 0 Å². The Bertz CT molecular complexity index is 1150. The topological polar surface area (TPSA) is 94.8 Å². The van der Waals surface area contributed by atoms with Crippen molar-refractivity contribution in [2.24, 2.45) is 0 Å². The zero-order valence-corrected chi connectivity index (χ0v) is 18.5. The van der Waals surface area contributed by atoms with Gasteiger partial charge in [-0.15, -0.1) is 0 Å². The normalized spacial score (nSPS) is 11.7. The molecule has 1 amide bonds. The van der Waals surface area contributed by atoms with E-state index in [0.717, 1.165) is 23.1 Å². The maximum atomic E-state index is 12.9. The second kappa shape index (κ2) is 10.6. The highest BCUT2D eigenvalue weighted by molar-refractivity contribution is 5.91. The Morgan fingerprint density at radius 2 is 1.84 bits per heavy atom. The first-order valence-corrected chi connectivity index (χ1v) is 10.7. The van der Waals surface area contributed by atoms with Crippen LogP contribution in [0.2, 0.25) is 0 Å². The van der Waals surface area contributed by atoms with Crippen molar-refractivity contribution < 1.29 is 23.5 Å². The van der Waals surface area contributed by atoms with Crippen molar-refractivity contribution in [2.45, 2.75) is 52.7 Å². The highest BCUT2D eigenvalue weighted by Gasteiger charge is 2.24. The van der Waals surface area contributed by atoms with E-state index in [-0.39, 0.29) is 6.61 Å². The second-order valence-corrected chi connectivity index (χ2v) is 7.56. The van der Waals surface area contributed by atoms with Gasteiger partial charge in [0, 0.05) is 6.07 Å². The predicted octanol–water partition coefficient (Wildman–Crippen LogP) is 4.66. The van der Waals surface area contributed by atoms with Crippen LogP contribution in [0.15, 0.2) is 57.7 Å². The molecule has 0 spiro atoms. The molecule has 1 N–H and O–H groups in total. The molecule has 32 heavy (non-hydrogen) atoms. The van der Waals surface area contributed by atoms with Gasteiger partial charge in [-0.1, -0.05) is 50.6 Å². The summed E-state index contributed by atoms with van der Waals surface area (Å²) < 4.78 is 16.2. The molecule has 3 rings (SSSR count). The van der Waals surface area contributed by atoms with Crippen molar-refractivity contribution in [3.8, 4) is 5.75 Å². The Balaban J connectivity index is 1.77. The molecule has 1 heterocycles. The maximum Gasteiger partial charge on any atom is 0.408 e. The van der Waals surface area contributed by atoms with Crippen LogP contribution in [-0.4, -0.2) is 18.1 Å². The number of alkyl carbamates (subject to hydrolysis) is 1. The molecule has 2 aromatic carbocycles. The summed E-state index contributed by atoms with van der Waals surface area (Å²) in [4.78, 5) is 37.0. The van der Waals surface area contributed by atoms with E-state index in [0.29, 0.717) is 29.6 Å². The van der Waals surface area contributed by atoms with E-state index in [2.05, 4.69) is 5.32 Å². The average molecular weight is 437 g/mol. The van der Waals surface area contributed by atoms with Crippen molar-refractivity contribution in [1.29, 1.82) is 0 Å². The highest BCUT2D eigenvalue weighted by atomic mass is 16.6. The second-order valence-electron chi connectivity index (χ2n) is 7.56. The minimum atomic E-state index is -0.890. The van der Waals surface area contributed by atoms with Crippen LogP contribution in [0.5, 0.6) is 5.75 Å². The molecule has 1 unspecified atom stereocenters. The lowest BCUT2D eigenvalue weighted by molar-refractivity contribution is -0.136. The molecule has 7 nitrogen and oxygen atoms in total. The van der Waals surface area contributed by atoms with Crippen molar-refractivity contribution in [2.75, 3.05) is 0 Å². The molecule has 0 aliphatic carbocycles. The van der Waals surface area contributed by atoms with E-state index in [1.54, 1.807) is 19.1 Å². The lowest BCUT2D eigenvalue weighted by atomic mass is 10.0. The average Bonchev–Trinajstić information content (AvgIpc) is 2.76. The first-order chi connectivity index (χ1) is 15.4. The Labute approximate surface area is 186 Å². The number of benzene rings is 2. The summed E-state index contributed by atoms with van der Waals surface area (Å²) in [6.07, 6.45) is 1.06. The van der Waals surface area contributed by atoms with E-state index in [4.69, 9.17) is 13.9 Å². The third kappa shape index (κ3) is 5.75. The van der Waals surface area contributed by atoms with Gasteiger partial charge in [-0.25, -0.2) is 14.4 Å². The minimum Gasteiger partial charge on any atom is -0.445 e. The van der Waals surface area contributed by atoms with E-state index >= 15 is 0 Å². The molecule has 0 aliphatic heterocycles. The smallest absolute Gasteiger partial charge is 0.408 e. The number of hydrogen-bond donors (Lipinski definition) is 1. The van der Waals surface area contributed by atoms with Crippen molar-refractivity contribution in [3.05, 3.63) is 75.6 Å². The van der Waals surface area contributed by atoms with Gasteiger partial charge >= 0.3 is 17.7 Å². The molecule has 1 atom stereocenters. The van der Waals surface area contributed by atoms with Crippen molar-refractivity contribution >= 4 is 23.0 Å². The van der Waals surface area contributed by atoms with Gasteiger partial charge in [0.15, 0.2) is 0 Å². The summed E-state index contributed by atoms with van der Waals surface area (Å²) in [5.41, 5.74) is 2.30. The van der Waals surface area contributed by atoms with Crippen LogP contribution >= 0.6 is 0 Å². The summed E-state index contributed by atoms with van der Waals surface area (Å²) in [6.45, 7) is 5.68. The number of hydrogen-bond acceptors (Lipinski definition) is 6. The largest absolute Gasteiger partial charge is 0.445 e. The Kier molecular flexibility index (Phi) is 7.65. The molecular weight excluding hydrogens is 410 g/mol. The van der Waals surface area contributed by atoms with Crippen molar-refractivity contribution in [1.82, 2.24) is 5.32 Å². The lowest BCUT2D eigenvalue weighted by Crippen LogP contribution is -2.42. The maximum absolute atomic E-state index is 12.9. The van der Waals surface area contributed by atoms with Crippen LogP contribution in [0.3, 0.4) is 0 Å². The van der Waals surface area contributed by atoms with Gasteiger partial charge in [-0.3, -0.25) is 0 Å². The van der Waals surface area contributed by atoms with Crippen LogP contribution < -0.4 is 15.7 Å². The van der Waals surface area contributed by atoms with Crippen LogP contribution in [0.4, 0.5) is 4.79 Å². The molecular formula is C25H27NO6. The third-order valence-corrected chi connectivity index (χ3v) is 4.96. The summed E-state index contributed by atoms with van der Waals surface area (Å²) >= 11 is 0. The molecule has 0 saturated heterocycles. The van der Waals surface area contributed by atoms with Gasteiger partial charge in [0.25, 0.3) is 0 Å². The number of esters is 1. The number of rotatable bonds is 8. The fourth-order valence-electron chi connectivity index (χ4n) is 3.43. The minimum absolute atomic E-state index is 0.0973. The number of fused-ring (bicyclic) bond motifs is 1. The molecule has 7 heteroatoms. The van der Waals surface area contributed by atoms with Gasteiger partial charge in [0.1, 0.15) is 24.0 Å². The molecule has 0 bridgehead atoms. The number of ether oxygens (including phenoxy) is 2. The zero-order chi connectivity index (χ0) is 23.1. The number of aryl methyl sites for hydroxylation is 2. The van der Waals surface area contributed by atoms with E-state index < -0.39 is 23.7 Å².